The van der Waals surface area contributed by atoms with Crippen molar-refractivity contribution >= 4 is 28.2 Å². The predicted molar refractivity (Wildman–Crippen MR) is 142 cm³/mol. The van der Waals surface area contributed by atoms with Gasteiger partial charge in [0.1, 0.15) is 5.75 Å². The molecule has 3 atom stereocenters. The topological polar surface area (TPSA) is 95.8 Å². The van der Waals surface area contributed by atoms with E-state index in [0.29, 0.717) is 24.7 Å². The summed E-state index contributed by atoms with van der Waals surface area (Å²) in [6.07, 6.45) is 9.80. The van der Waals surface area contributed by atoms with Crippen LogP contribution in [0.3, 0.4) is 0 Å². The lowest BCUT2D eigenvalue weighted by atomic mass is 9.79. The number of fused-ring (bicyclic) bond motifs is 1. The normalized spacial score (nSPS) is 19.4. The van der Waals surface area contributed by atoms with E-state index < -0.39 is 12.1 Å². The van der Waals surface area contributed by atoms with E-state index in [4.69, 9.17) is 4.74 Å². The number of nitrogens with zero attached hydrogens (tertiary/aromatic N) is 3. The van der Waals surface area contributed by atoms with Gasteiger partial charge < -0.3 is 19.8 Å². The Labute approximate surface area is 217 Å². The Morgan fingerprint density at radius 1 is 1.19 bits per heavy atom. The molecule has 0 radical (unpaired) electrons. The molecular weight excluding hydrogens is 474 g/mol. The average molecular weight is 512 g/mol. The summed E-state index contributed by atoms with van der Waals surface area (Å²) >= 11 is 1.72. The molecule has 1 aromatic carbocycles. The monoisotopic (exact) mass is 511 g/mol. The molecule has 0 amide bonds. The molecule has 36 heavy (non-hydrogen) atoms. The second-order valence-electron chi connectivity index (χ2n) is 9.80. The number of aryl methyl sites for hydroxylation is 1. The van der Waals surface area contributed by atoms with Crippen molar-refractivity contribution in [2.45, 2.75) is 57.5 Å². The van der Waals surface area contributed by atoms with Crippen LogP contribution >= 0.6 is 11.3 Å². The lowest BCUT2D eigenvalue weighted by Crippen LogP contribution is -2.41. The first kappa shape index (κ1) is 26.5. The number of rotatable bonds is 13. The molecule has 0 bridgehead atoms. The fraction of sp³-hybridized carbons (Fsp3) is 0.536. The summed E-state index contributed by atoms with van der Waals surface area (Å²) in [5, 5.41) is 24.6. The molecule has 0 spiro atoms. The number of carboxylic acids is 1. The number of ether oxygens (including phenoxy) is 1. The number of hydrogen-bond donors (Lipinski definition) is 2. The van der Waals surface area contributed by atoms with Gasteiger partial charge in [0.25, 0.3) is 0 Å². The van der Waals surface area contributed by atoms with E-state index in [0.717, 1.165) is 74.0 Å². The van der Waals surface area contributed by atoms with Gasteiger partial charge in [0, 0.05) is 36.1 Å². The van der Waals surface area contributed by atoms with Crippen LogP contribution in [0.2, 0.25) is 0 Å². The van der Waals surface area contributed by atoms with Crippen LogP contribution in [0, 0.1) is 11.8 Å². The number of aliphatic carboxylic acids is 1. The first-order valence-corrected chi connectivity index (χ1v) is 13.8. The zero-order valence-electron chi connectivity index (χ0n) is 21.0. The van der Waals surface area contributed by atoms with Gasteiger partial charge in [-0.15, -0.1) is 11.3 Å². The van der Waals surface area contributed by atoms with Crippen LogP contribution in [0.25, 0.3) is 10.9 Å². The third-order valence-corrected chi connectivity index (χ3v) is 8.29. The lowest BCUT2D eigenvalue weighted by Gasteiger charge is -2.39. The highest BCUT2D eigenvalue weighted by Crippen LogP contribution is 2.35. The third kappa shape index (κ3) is 7.24. The summed E-state index contributed by atoms with van der Waals surface area (Å²) in [6, 6.07) is 7.62. The van der Waals surface area contributed by atoms with Crippen molar-refractivity contribution in [3.63, 3.8) is 0 Å². The Morgan fingerprint density at radius 2 is 2.08 bits per heavy atom. The van der Waals surface area contributed by atoms with Crippen LogP contribution in [0.5, 0.6) is 5.75 Å². The molecule has 194 valence electrons. The van der Waals surface area contributed by atoms with Crippen molar-refractivity contribution in [3.05, 3.63) is 52.6 Å². The van der Waals surface area contributed by atoms with Crippen molar-refractivity contribution in [2.24, 2.45) is 11.8 Å². The first-order valence-electron chi connectivity index (χ1n) is 13.0. The quantitative estimate of drug-likeness (QED) is 0.299. The minimum Gasteiger partial charge on any atom is -0.497 e. The Bertz CT molecular complexity index is 1110. The first-order chi connectivity index (χ1) is 17.5. The summed E-state index contributed by atoms with van der Waals surface area (Å²) in [6.45, 7) is 3.03. The molecule has 0 aliphatic carbocycles. The van der Waals surface area contributed by atoms with Gasteiger partial charge in [-0.2, -0.15) is 0 Å². The number of piperidine rings is 1. The van der Waals surface area contributed by atoms with E-state index in [9.17, 15) is 15.0 Å². The number of aliphatic hydroxyl groups excluding tert-OH is 1. The van der Waals surface area contributed by atoms with Crippen LogP contribution in [-0.4, -0.2) is 57.8 Å². The van der Waals surface area contributed by atoms with Crippen molar-refractivity contribution in [1.29, 1.82) is 0 Å². The predicted octanol–water partition coefficient (Wildman–Crippen LogP) is 5.34. The number of unbranched alkanes of at least 4 members (excludes halogenated alkanes) is 1. The summed E-state index contributed by atoms with van der Waals surface area (Å²) in [4.78, 5) is 22.6. The molecule has 3 heterocycles. The number of carbonyl (C=O) groups is 1. The Balaban J connectivity index is 1.33. The van der Waals surface area contributed by atoms with Crippen molar-refractivity contribution in [3.8, 4) is 5.75 Å². The summed E-state index contributed by atoms with van der Waals surface area (Å²) in [5.41, 5.74) is 1.72. The highest BCUT2D eigenvalue weighted by atomic mass is 32.1. The van der Waals surface area contributed by atoms with Crippen LogP contribution in [0.15, 0.2) is 42.0 Å². The van der Waals surface area contributed by atoms with Gasteiger partial charge in [0.15, 0.2) is 0 Å². The maximum absolute atomic E-state index is 11.3. The average Bonchev–Trinajstić information content (AvgIpc) is 3.42. The molecule has 1 aliphatic heterocycles. The third-order valence-electron chi connectivity index (χ3n) is 7.46. The highest BCUT2D eigenvalue weighted by molar-refractivity contribution is 7.09. The van der Waals surface area contributed by atoms with Gasteiger partial charge in [0.2, 0.25) is 0 Å². The maximum Gasteiger partial charge on any atom is 0.303 e. The van der Waals surface area contributed by atoms with Crippen LogP contribution in [0.4, 0.5) is 0 Å². The number of aliphatic hydroxyl groups is 1. The van der Waals surface area contributed by atoms with Crippen molar-refractivity contribution in [1.82, 2.24) is 14.9 Å². The molecule has 1 saturated heterocycles. The molecule has 8 heteroatoms. The fourth-order valence-electron chi connectivity index (χ4n) is 5.45. The number of carboxylic acid groups (broad SMARTS) is 1. The Kier molecular flexibility index (Phi) is 9.67. The maximum atomic E-state index is 11.3. The van der Waals surface area contributed by atoms with Gasteiger partial charge >= 0.3 is 5.97 Å². The van der Waals surface area contributed by atoms with Gasteiger partial charge in [-0.3, -0.25) is 9.78 Å². The lowest BCUT2D eigenvalue weighted by molar-refractivity contribution is -0.137. The minimum absolute atomic E-state index is 0.205. The Morgan fingerprint density at radius 3 is 2.86 bits per heavy atom. The summed E-state index contributed by atoms with van der Waals surface area (Å²) < 4.78 is 5.37. The standard InChI is InChI=1S/C28H37N3O4S/c1-35-22-7-8-25-24(18-22)23(11-13-29-25)26(32)9-5-20-12-16-31(19-21(20)6-10-28(33)34)15-3-2-4-27-30-14-17-36-27/h7-8,11,13-14,17-18,20-21,26,32H,2-6,9-10,12,15-16,19H2,1H3,(H,33,34)/t20-,21-,26-/m1/s1. The van der Waals surface area contributed by atoms with E-state index in [1.807, 2.05) is 35.8 Å². The molecule has 2 aromatic heterocycles. The van der Waals surface area contributed by atoms with Crippen molar-refractivity contribution in [2.75, 3.05) is 26.7 Å². The zero-order chi connectivity index (χ0) is 25.3. The number of hydrogen-bond acceptors (Lipinski definition) is 7. The SMILES string of the molecule is COc1ccc2nccc([C@H](O)CC[C@@H]3CCN(CCCCc4nccs4)C[C@H]3CCC(=O)O)c2c1. The second-order valence-corrected chi connectivity index (χ2v) is 10.8. The van der Waals surface area contributed by atoms with Crippen LogP contribution in [0.1, 0.15) is 61.6 Å². The van der Waals surface area contributed by atoms with Crippen LogP contribution < -0.4 is 4.74 Å². The molecule has 2 N–H and O–H groups in total. The smallest absolute Gasteiger partial charge is 0.303 e. The largest absolute Gasteiger partial charge is 0.497 e. The zero-order valence-corrected chi connectivity index (χ0v) is 21.8. The number of pyridine rings is 1. The van der Waals surface area contributed by atoms with E-state index in [-0.39, 0.29) is 6.42 Å². The van der Waals surface area contributed by atoms with Gasteiger partial charge in [-0.25, -0.2) is 4.98 Å². The molecular formula is C28H37N3O4S. The van der Waals surface area contributed by atoms with E-state index in [1.165, 1.54) is 5.01 Å². The molecule has 1 aliphatic rings. The molecule has 3 aromatic rings. The molecule has 1 fully saturated rings. The van der Waals surface area contributed by atoms with Gasteiger partial charge in [-0.1, -0.05) is 0 Å². The minimum atomic E-state index is -0.730. The molecule has 4 rings (SSSR count). The molecule has 7 nitrogen and oxygen atoms in total. The molecule has 0 saturated carbocycles. The number of methoxy groups -OCH3 is 1. The highest BCUT2D eigenvalue weighted by Gasteiger charge is 2.30. The van der Waals surface area contributed by atoms with Crippen molar-refractivity contribution < 1.29 is 19.7 Å². The number of aromatic nitrogens is 2. The van der Waals surface area contributed by atoms with E-state index >= 15 is 0 Å². The summed E-state index contributed by atoms with van der Waals surface area (Å²) in [7, 11) is 1.64. The summed E-state index contributed by atoms with van der Waals surface area (Å²) in [5.74, 6) is 0.784. The van der Waals surface area contributed by atoms with Crippen LogP contribution in [-0.2, 0) is 11.2 Å². The number of likely N-dealkylation sites (tertiary alicyclic amines) is 1. The second kappa shape index (κ2) is 13.1. The van der Waals surface area contributed by atoms with Gasteiger partial charge in [0.05, 0.1) is 23.7 Å². The van der Waals surface area contributed by atoms with E-state index in [1.54, 1.807) is 24.6 Å². The molecule has 0 unspecified atom stereocenters. The van der Waals surface area contributed by atoms with E-state index in [2.05, 4.69) is 14.9 Å². The fourth-order valence-corrected chi connectivity index (χ4v) is 6.12. The number of benzene rings is 1. The Hall–Kier alpha value is -2.55. The number of thiazole rings is 1. The van der Waals surface area contributed by atoms with Gasteiger partial charge in [-0.05, 0) is 99.7 Å².